The Morgan fingerprint density at radius 2 is 1.83 bits per heavy atom. The lowest BCUT2D eigenvalue weighted by Gasteiger charge is -2.36. The van der Waals surface area contributed by atoms with Crippen molar-refractivity contribution in [3.8, 4) is 5.75 Å². The second-order valence-electron chi connectivity index (χ2n) is 5.61. The molecule has 0 saturated carbocycles. The van der Waals surface area contributed by atoms with Crippen molar-refractivity contribution in [1.82, 2.24) is 4.90 Å². The van der Waals surface area contributed by atoms with Crippen molar-refractivity contribution in [2.24, 2.45) is 0 Å². The molecule has 1 aliphatic rings. The Bertz CT molecular complexity index is 783. The van der Waals surface area contributed by atoms with Gasteiger partial charge < -0.3 is 9.15 Å². The van der Waals surface area contributed by atoms with Gasteiger partial charge in [-0.25, -0.2) is 0 Å². The third-order valence-corrected chi connectivity index (χ3v) is 4.26. The highest BCUT2D eigenvalue weighted by Crippen LogP contribution is 2.36. The van der Waals surface area contributed by atoms with Gasteiger partial charge in [-0.3, -0.25) is 4.90 Å². The molecule has 2 aromatic carbocycles. The molecular formula is C19H16ClNO2. The molecule has 0 aliphatic carbocycles. The van der Waals surface area contributed by atoms with Crippen LogP contribution in [0.1, 0.15) is 23.1 Å². The van der Waals surface area contributed by atoms with Crippen molar-refractivity contribution in [3.63, 3.8) is 0 Å². The number of fused-ring (bicyclic) bond motifs is 1. The predicted octanol–water partition coefficient (Wildman–Crippen LogP) is 5.03. The summed E-state index contributed by atoms with van der Waals surface area (Å²) in [6.45, 7) is 1.50. The van der Waals surface area contributed by atoms with Gasteiger partial charge in [0.2, 0.25) is 0 Å². The number of hydrogen-bond acceptors (Lipinski definition) is 3. The molecule has 0 fully saturated rings. The average Bonchev–Trinajstić information content (AvgIpc) is 3.08. The van der Waals surface area contributed by atoms with E-state index in [1.165, 1.54) is 5.56 Å². The van der Waals surface area contributed by atoms with Crippen LogP contribution in [-0.4, -0.2) is 4.90 Å². The van der Waals surface area contributed by atoms with Gasteiger partial charge in [0, 0.05) is 22.7 Å². The van der Waals surface area contributed by atoms with E-state index in [1.54, 1.807) is 6.26 Å². The summed E-state index contributed by atoms with van der Waals surface area (Å²) in [6, 6.07) is 19.9. The smallest absolute Gasteiger partial charge is 0.179 e. The molecule has 0 N–H and O–H groups in total. The van der Waals surface area contributed by atoms with E-state index in [0.29, 0.717) is 6.54 Å². The SMILES string of the molecule is Clc1ccc([C@H]2Oc3ccccc3CN2Cc2ccco2)cc1. The first-order valence-corrected chi connectivity index (χ1v) is 7.94. The van der Waals surface area contributed by atoms with Crippen LogP contribution < -0.4 is 4.74 Å². The molecule has 2 heterocycles. The molecule has 23 heavy (non-hydrogen) atoms. The summed E-state index contributed by atoms with van der Waals surface area (Å²) in [5.41, 5.74) is 2.26. The minimum Gasteiger partial charge on any atom is -0.471 e. The van der Waals surface area contributed by atoms with E-state index in [4.69, 9.17) is 20.8 Å². The summed E-state index contributed by atoms with van der Waals surface area (Å²) >= 11 is 6.01. The van der Waals surface area contributed by atoms with Gasteiger partial charge in [0.15, 0.2) is 6.23 Å². The fraction of sp³-hybridized carbons (Fsp3) is 0.158. The molecule has 1 aliphatic heterocycles. The lowest BCUT2D eigenvalue weighted by atomic mass is 10.1. The zero-order valence-corrected chi connectivity index (χ0v) is 13.2. The average molecular weight is 326 g/mol. The Balaban J connectivity index is 1.69. The van der Waals surface area contributed by atoms with Gasteiger partial charge in [-0.15, -0.1) is 0 Å². The van der Waals surface area contributed by atoms with Crippen molar-refractivity contribution >= 4 is 11.6 Å². The molecule has 116 valence electrons. The summed E-state index contributed by atoms with van der Waals surface area (Å²) in [4.78, 5) is 2.25. The zero-order chi connectivity index (χ0) is 15.6. The van der Waals surface area contributed by atoms with Gasteiger partial charge in [0.25, 0.3) is 0 Å². The molecular weight excluding hydrogens is 310 g/mol. The van der Waals surface area contributed by atoms with Gasteiger partial charge >= 0.3 is 0 Å². The fourth-order valence-electron chi connectivity index (χ4n) is 2.89. The van der Waals surface area contributed by atoms with Crippen LogP contribution in [0.25, 0.3) is 0 Å². The summed E-state index contributed by atoms with van der Waals surface area (Å²) in [5, 5.41) is 0.725. The Kier molecular flexibility index (Phi) is 3.82. The molecule has 0 unspecified atom stereocenters. The quantitative estimate of drug-likeness (QED) is 0.675. The summed E-state index contributed by atoms with van der Waals surface area (Å²) in [5.74, 6) is 1.86. The van der Waals surface area contributed by atoms with Crippen molar-refractivity contribution in [2.75, 3.05) is 0 Å². The lowest BCUT2D eigenvalue weighted by Crippen LogP contribution is -2.35. The maximum absolute atomic E-state index is 6.26. The highest BCUT2D eigenvalue weighted by atomic mass is 35.5. The maximum atomic E-state index is 6.26. The van der Waals surface area contributed by atoms with Gasteiger partial charge in [-0.2, -0.15) is 0 Å². The molecule has 3 aromatic rings. The maximum Gasteiger partial charge on any atom is 0.179 e. The molecule has 0 radical (unpaired) electrons. The fourth-order valence-corrected chi connectivity index (χ4v) is 3.02. The number of ether oxygens (including phenoxy) is 1. The minimum atomic E-state index is -0.160. The van der Waals surface area contributed by atoms with Crippen LogP contribution in [0.15, 0.2) is 71.3 Å². The van der Waals surface area contributed by atoms with Gasteiger partial charge in [-0.1, -0.05) is 41.9 Å². The van der Waals surface area contributed by atoms with E-state index in [2.05, 4.69) is 11.0 Å². The Morgan fingerprint density at radius 3 is 2.61 bits per heavy atom. The minimum absolute atomic E-state index is 0.160. The van der Waals surface area contributed by atoms with Crippen LogP contribution in [-0.2, 0) is 13.1 Å². The summed E-state index contributed by atoms with van der Waals surface area (Å²) in [7, 11) is 0. The number of para-hydroxylation sites is 1. The van der Waals surface area contributed by atoms with E-state index >= 15 is 0 Å². The van der Waals surface area contributed by atoms with Gasteiger partial charge in [0.05, 0.1) is 12.8 Å². The van der Waals surface area contributed by atoms with Crippen LogP contribution in [0.5, 0.6) is 5.75 Å². The first-order chi connectivity index (χ1) is 11.3. The molecule has 0 saturated heterocycles. The molecule has 4 heteroatoms. The van der Waals surface area contributed by atoms with Gasteiger partial charge in [0.1, 0.15) is 11.5 Å². The van der Waals surface area contributed by atoms with Crippen LogP contribution in [0.2, 0.25) is 5.02 Å². The molecule has 0 bridgehead atoms. The van der Waals surface area contributed by atoms with E-state index in [9.17, 15) is 0 Å². The van der Waals surface area contributed by atoms with E-state index < -0.39 is 0 Å². The van der Waals surface area contributed by atoms with Crippen LogP contribution in [0.3, 0.4) is 0 Å². The first kappa shape index (κ1) is 14.4. The highest BCUT2D eigenvalue weighted by molar-refractivity contribution is 6.30. The number of benzene rings is 2. The molecule has 0 amide bonds. The molecule has 3 nitrogen and oxygen atoms in total. The third-order valence-electron chi connectivity index (χ3n) is 4.01. The lowest BCUT2D eigenvalue weighted by molar-refractivity contribution is -0.0128. The molecule has 1 atom stereocenters. The second-order valence-corrected chi connectivity index (χ2v) is 6.05. The number of hydrogen-bond donors (Lipinski definition) is 0. The van der Waals surface area contributed by atoms with Crippen LogP contribution >= 0.6 is 11.6 Å². The van der Waals surface area contributed by atoms with Crippen molar-refractivity contribution < 1.29 is 9.15 Å². The topological polar surface area (TPSA) is 25.6 Å². The van der Waals surface area contributed by atoms with Crippen molar-refractivity contribution in [1.29, 1.82) is 0 Å². The van der Waals surface area contributed by atoms with Crippen LogP contribution in [0, 0.1) is 0 Å². The van der Waals surface area contributed by atoms with E-state index in [1.807, 2.05) is 54.6 Å². The number of rotatable bonds is 3. The normalized spacial score (nSPS) is 17.5. The molecule has 4 rings (SSSR count). The zero-order valence-electron chi connectivity index (χ0n) is 12.5. The van der Waals surface area contributed by atoms with Gasteiger partial charge in [-0.05, 0) is 30.3 Å². The Hall–Kier alpha value is -2.23. The highest BCUT2D eigenvalue weighted by Gasteiger charge is 2.29. The monoisotopic (exact) mass is 325 g/mol. The number of furan rings is 1. The molecule has 0 spiro atoms. The third kappa shape index (κ3) is 2.98. The van der Waals surface area contributed by atoms with E-state index in [0.717, 1.165) is 28.6 Å². The van der Waals surface area contributed by atoms with Crippen LogP contribution in [0.4, 0.5) is 0 Å². The van der Waals surface area contributed by atoms with Crippen molar-refractivity contribution in [2.45, 2.75) is 19.3 Å². The largest absolute Gasteiger partial charge is 0.471 e. The van der Waals surface area contributed by atoms with Crippen molar-refractivity contribution in [3.05, 3.63) is 88.8 Å². The summed E-state index contributed by atoms with van der Waals surface area (Å²) < 4.78 is 11.8. The Labute approximate surface area is 140 Å². The summed E-state index contributed by atoms with van der Waals surface area (Å²) in [6.07, 6.45) is 1.54. The predicted molar refractivity (Wildman–Crippen MR) is 89.2 cm³/mol. The number of halogens is 1. The Morgan fingerprint density at radius 1 is 1.00 bits per heavy atom. The first-order valence-electron chi connectivity index (χ1n) is 7.56. The van der Waals surface area contributed by atoms with E-state index in [-0.39, 0.29) is 6.23 Å². The molecule has 1 aromatic heterocycles. The second kappa shape index (κ2) is 6.11. The standard InChI is InChI=1S/C19H16ClNO2/c20-16-9-7-14(8-10-16)19-21(13-17-5-3-11-22-17)12-15-4-1-2-6-18(15)23-19/h1-11,19H,12-13H2/t19-/m1/s1. The number of nitrogens with zero attached hydrogens (tertiary/aromatic N) is 1.